The van der Waals surface area contributed by atoms with E-state index in [2.05, 4.69) is 15.2 Å². The molecule has 1 aliphatic rings. The highest BCUT2D eigenvalue weighted by atomic mass is 16.2. The lowest BCUT2D eigenvalue weighted by molar-refractivity contribution is -0.133. The van der Waals surface area contributed by atoms with E-state index in [-0.39, 0.29) is 5.91 Å². The van der Waals surface area contributed by atoms with Crippen molar-refractivity contribution in [3.05, 3.63) is 58.7 Å². The van der Waals surface area contributed by atoms with E-state index in [1.807, 2.05) is 44.2 Å². The first-order valence-corrected chi connectivity index (χ1v) is 8.73. The Kier molecular flexibility index (Phi) is 4.08. The highest BCUT2D eigenvalue weighted by molar-refractivity contribution is 5.83. The zero-order valence-corrected chi connectivity index (χ0v) is 14.9. The van der Waals surface area contributed by atoms with Crippen LogP contribution in [0.3, 0.4) is 0 Å². The van der Waals surface area contributed by atoms with Crippen LogP contribution in [-0.4, -0.2) is 37.5 Å². The first kappa shape index (κ1) is 16.5. The fraction of sp³-hybridized carbons (Fsp3) is 0.316. The van der Waals surface area contributed by atoms with Crippen molar-refractivity contribution in [3.8, 4) is 11.4 Å². The number of rotatable bonds is 3. The van der Waals surface area contributed by atoms with Crippen LogP contribution in [0.2, 0.25) is 0 Å². The molecule has 1 amide bonds. The molecule has 0 aliphatic carbocycles. The number of carbonyl (C=O) groups is 1. The molecule has 0 bridgehead atoms. The first-order chi connectivity index (χ1) is 12.5. The van der Waals surface area contributed by atoms with Gasteiger partial charge in [-0.1, -0.05) is 30.3 Å². The molecule has 3 heterocycles. The Morgan fingerprint density at radius 2 is 2.04 bits per heavy atom. The summed E-state index contributed by atoms with van der Waals surface area (Å²) in [4.78, 5) is 22.8. The number of carbonyl (C=O) groups excluding carboxylic acids is 1. The van der Waals surface area contributed by atoms with Gasteiger partial charge >= 0.3 is 0 Å². The van der Waals surface area contributed by atoms with Gasteiger partial charge in [0.1, 0.15) is 11.9 Å². The molecule has 1 atom stereocenters. The van der Waals surface area contributed by atoms with Crippen molar-refractivity contribution in [1.82, 2.24) is 25.1 Å². The molecule has 1 unspecified atom stereocenters. The summed E-state index contributed by atoms with van der Waals surface area (Å²) in [5.41, 5.74) is 11.7. The average Bonchev–Trinajstić information content (AvgIpc) is 3.23. The summed E-state index contributed by atoms with van der Waals surface area (Å²) in [6.07, 6.45) is 0.723. The molecule has 0 spiro atoms. The van der Waals surface area contributed by atoms with Crippen LogP contribution in [0.5, 0.6) is 0 Å². The monoisotopic (exact) mass is 350 g/mol. The van der Waals surface area contributed by atoms with Crippen molar-refractivity contribution in [2.45, 2.75) is 32.9 Å². The summed E-state index contributed by atoms with van der Waals surface area (Å²) in [7, 11) is 0. The van der Waals surface area contributed by atoms with Crippen molar-refractivity contribution in [2.75, 3.05) is 6.54 Å². The largest absolute Gasteiger partial charge is 0.340 e. The average molecular weight is 350 g/mol. The van der Waals surface area contributed by atoms with Gasteiger partial charge in [-0.15, -0.1) is 0 Å². The molecule has 1 aliphatic heterocycles. The lowest BCUT2D eigenvalue weighted by atomic mass is 10.0. The molecular formula is C19H22N6O. The summed E-state index contributed by atoms with van der Waals surface area (Å²) < 4.78 is 0. The summed E-state index contributed by atoms with van der Waals surface area (Å²) >= 11 is 0. The number of hydrogen-bond acceptors (Lipinski definition) is 4. The van der Waals surface area contributed by atoms with E-state index >= 15 is 0 Å². The van der Waals surface area contributed by atoms with E-state index in [4.69, 9.17) is 10.7 Å². The number of aryl methyl sites for hydroxylation is 2. The van der Waals surface area contributed by atoms with Crippen LogP contribution >= 0.6 is 0 Å². The van der Waals surface area contributed by atoms with Gasteiger partial charge in [-0.2, -0.15) is 5.10 Å². The third kappa shape index (κ3) is 2.80. The molecule has 134 valence electrons. The van der Waals surface area contributed by atoms with Gasteiger partial charge in [-0.05, 0) is 13.8 Å². The van der Waals surface area contributed by atoms with Crippen LogP contribution in [-0.2, 0) is 17.8 Å². The Hall–Kier alpha value is -2.93. The topological polar surface area (TPSA) is 104 Å². The number of aromatic amines is 2. The number of hydrogen-bond donors (Lipinski definition) is 3. The molecule has 2 aromatic heterocycles. The van der Waals surface area contributed by atoms with Gasteiger partial charge in [0.25, 0.3) is 0 Å². The van der Waals surface area contributed by atoms with Gasteiger partial charge < -0.3 is 15.6 Å². The smallest absolute Gasteiger partial charge is 0.244 e. The van der Waals surface area contributed by atoms with Crippen LogP contribution in [0, 0.1) is 13.8 Å². The van der Waals surface area contributed by atoms with Gasteiger partial charge in [0.15, 0.2) is 0 Å². The quantitative estimate of drug-likeness (QED) is 0.672. The molecule has 26 heavy (non-hydrogen) atoms. The molecule has 0 saturated carbocycles. The van der Waals surface area contributed by atoms with E-state index in [0.29, 0.717) is 13.1 Å². The zero-order valence-electron chi connectivity index (χ0n) is 14.9. The molecule has 0 radical (unpaired) electrons. The fourth-order valence-corrected chi connectivity index (χ4v) is 3.55. The molecule has 7 nitrogen and oxygen atoms in total. The highest BCUT2D eigenvalue weighted by Gasteiger charge is 2.30. The fourth-order valence-electron chi connectivity index (χ4n) is 3.55. The SMILES string of the molecule is Cc1n[nH]c(C)c1C(N)C(=O)N1CCc2nc(-c3ccccc3)[nH]c2C1. The van der Waals surface area contributed by atoms with Crippen LogP contribution in [0.25, 0.3) is 11.4 Å². The van der Waals surface area contributed by atoms with Crippen LogP contribution in [0.15, 0.2) is 30.3 Å². The molecule has 0 saturated heterocycles. The Morgan fingerprint density at radius 1 is 1.27 bits per heavy atom. The molecule has 7 heteroatoms. The van der Waals surface area contributed by atoms with Gasteiger partial charge in [0.2, 0.25) is 5.91 Å². The number of nitrogens with one attached hydrogen (secondary N) is 2. The van der Waals surface area contributed by atoms with Gasteiger partial charge in [-0.3, -0.25) is 9.89 Å². The first-order valence-electron chi connectivity index (χ1n) is 8.73. The molecule has 4 N–H and O–H groups in total. The van der Waals surface area contributed by atoms with E-state index in [1.165, 1.54) is 0 Å². The van der Waals surface area contributed by atoms with Crippen LogP contribution < -0.4 is 5.73 Å². The van der Waals surface area contributed by atoms with Crippen molar-refractivity contribution >= 4 is 5.91 Å². The number of amides is 1. The van der Waals surface area contributed by atoms with Crippen LogP contribution in [0.4, 0.5) is 0 Å². The van der Waals surface area contributed by atoms with Gasteiger partial charge in [-0.25, -0.2) is 4.98 Å². The molecular weight excluding hydrogens is 328 g/mol. The minimum Gasteiger partial charge on any atom is -0.340 e. The normalized spacial score (nSPS) is 15.0. The van der Waals surface area contributed by atoms with Crippen molar-refractivity contribution in [2.24, 2.45) is 5.73 Å². The summed E-state index contributed by atoms with van der Waals surface area (Å²) in [6.45, 7) is 4.87. The maximum Gasteiger partial charge on any atom is 0.244 e. The van der Waals surface area contributed by atoms with E-state index in [0.717, 1.165) is 46.1 Å². The van der Waals surface area contributed by atoms with E-state index < -0.39 is 6.04 Å². The number of fused-ring (bicyclic) bond motifs is 1. The lowest BCUT2D eigenvalue weighted by Crippen LogP contribution is -2.41. The van der Waals surface area contributed by atoms with Crippen LogP contribution in [0.1, 0.15) is 34.4 Å². The number of benzene rings is 1. The Balaban J connectivity index is 1.55. The van der Waals surface area contributed by atoms with Gasteiger partial charge in [0, 0.05) is 29.8 Å². The third-order valence-electron chi connectivity index (χ3n) is 4.95. The van der Waals surface area contributed by atoms with Crippen molar-refractivity contribution in [1.29, 1.82) is 0 Å². The Labute approximate surface area is 151 Å². The van der Waals surface area contributed by atoms with E-state index in [9.17, 15) is 4.79 Å². The van der Waals surface area contributed by atoms with Crippen molar-refractivity contribution < 1.29 is 4.79 Å². The van der Waals surface area contributed by atoms with E-state index in [1.54, 1.807) is 4.90 Å². The summed E-state index contributed by atoms with van der Waals surface area (Å²) in [6, 6.07) is 9.30. The molecule has 4 rings (SSSR count). The maximum absolute atomic E-state index is 12.9. The number of imidazole rings is 1. The van der Waals surface area contributed by atoms with Crippen molar-refractivity contribution in [3.63, 3.8) is 0 Å². The number of nitrogens with zero attached hydrogens (tertiary/aromatic N) is 3. The zero-order chi connectivity index (χ0) is 18.3. The molecule has 3 aromatic rings. The standard InChI is InChI=1S/C19H22N6O/c1-11-16(12(2)24-23-11)17(20)19(26)25-9-8-14-15(10-25)22-18(21-14)13-6-4-3-5-7-13/h3-7,17H,8-10,20H2,1-2H3,(H,21,22)(H,23,24). The minimum absolute atomic E-state index is 0.0842. The third-order valence-corrected chi connectivity index (χ3v) is 4.95. The number of H-pyrrole nitrogens is 2. The second-order valence-corrected chi connectivity index (χ2v) is 6.71. The maximum atomic E-state index is 12.9. The van der Waals surface area contributed by atoms with Gasteiger partial charge in [0.05, 0.1) is 23.6 Å². The lowest BCUT2D eigenvalue weighted by Gasteiger charge is -2.28. The minimum atomic E-state index is -0.702. The predicted octanol–water partition coefficient (Wildman–Crippen LogP) is 2.00. The Morgan fingerprint density at radius 3 is 2.73 bits per heavy atom. The number of nitrogens with two attached hydrogens (primary N) is 1. The molecule has 1 aromatic carbocycles. The second-order valence-electron chi connectivity index (χ2n) is 6.71. The predicted molar refractivity (Wildman–Crippen MR) is 98.1 cm³/mol. The molecule has 0 fully saturated rings. The summed E-state index contributed by atoms with van der Waals surface area (Å²) in [5.74, 6) is 0.759. The highest BCUT2D eigenvalue weighted by Crippen LogP contribution is 2.25. The second kappa shape index (κ2) is 6.42. The Bertz CT molecular complexity index is 923. The summed E-state index contributed by atoms with van der Waals surface area (Å²) in [5, 5.41) is 7.04. The number of aromatic nitrogens is 4.